The minimum atomic E-state index is -2.06. The summed E-state index contributed by atoms with van der Waals surface area (Å²) in [6.07, 6.45) is 2.88. The number of hydrogen-bond acceptors (Lipinski definition) is 8. The number of rotatable bonds is 6. The van der Waals surface area contributed by atoms with E-state index in [0.29, 0.717) is 42.4 Å². The molecular formula is C36H40FNO7. The summed E-state index contributed by atoms with van der Waals surface area (Å²) in [5, 5.41) is 36.0. The zero-order valence-corrected chi connectivity index (χ0v) is 25.8. The van der Waals surface area contributed by atoms with Gasteiger partial charge in [-0.05, 0) is 80.0 Å². The first kappa shape index (κ1) is 30.3. The number of allylic oxidation sites excluding steroid dienone is 4. The molecule has 0 amide bonds. The van der Waals surface area contributed by atoms with Crippen LogP contribution in [0.1, 0.15) is 62.5 Å². The Hall–Kier alpha value is -3.37. The van der Waals surface area contributed by atoms with Gasteiger partial charge in [-0.1, -0.05) is 42.8 Å². The maximum Gasteiger partial charge on any atom is 0.193 e. The number of phenols is 1. The van der Waals surface area contributed by atoms with Gasteiger partial charge in [-0.2, -0.15) is 0 Å². The number of aliphatic hydroxyl groups excluding tert-OH is 2. The van der Waals surface area contributed by atoms with E-state index in [1.165, 1.54) is 12.2 Å². The van der Waals surface area contributed by atoms with E-state index in [0.717, 1.165) is 11.3 Å². The van der Waals surface area contributed by atoms with Gasteiger partial charge in [0.25, 0.3) is 0 Å². The van der Waals surface area contributed by atoms with Crippen LogP contribution in [-0.4, -0.2) is 64.0 Å². The summed E-state index contributed by atoms with van der Waals surface area (Å²) in [5.74, 6) is -1.70. The lowest BCUT2D eigenvalue weighted by molar-refractivity contribution is -0.231. The van der Waals surface area contributed by atoms with Gasteiger partial charge in [0.05, 0.1) is 12.2 Å². The third kappa shape index (κ3) is 4.03. The highest BCUT2D eigenvalue weighted by Gasteiger charge is 2.79. The van der Waals surface area contributed by atoms with Gasteiger partial charge < -0.3 is 30.1 Å². The number of phenolic OH excluding ortho intramolecular Hbond substituents is 1. The van der Waals surface area contributed by atoms with Gasteiger partial charge in [-0.3, -0.25) is 9.59 Å². The van der Waals surface area contributed by atoms with E-state index in [1.807, 2.05) is 38.2 Å². The van der Waals surface area contributed by atoms with E-state index in [4.69, 9.17) is 9.47 Å². The Morgan fingerprint density at radius 3 is 2.69 bits per heavy atom. The highest BCUT2D eigenvalue weighted by Crippen LogP contribution is 2.72. The van der Waals surface area contributed by atoms with E-state index in [9.17, 15) is 24.9 Å². The zero-order chi connectivity index (χ0) is 31.9. The number of fused-ring (bicyclic) bond motifs is 7. The smallest absolute Gasteiger partial charge is 0.193 e. The Bertz CT molecular complexity index is 1640. The van der Waals surface area contributed by atoms with Gasteiger partial charge in [0.2, 0.25) is 0 Å². The summed E-state index contributed by atoms with van der Waals surface area (Å²) >= 11 is 0. The van der Waals surface area contributed by atoms with Crippen molar-refractivity contribution in [1.82, 2.24) is 0 Å². The zero-order valence-electron chi connectivity index (χ0n) is 25.8. The standard InChI is InChI=1S/C36H40FNO7/c1-33-12-11-25(40)16-23(33)9-10-26-27-17-31-36(30(43)19-39,34(27,2)18-29(42)35(26,33)37)45-32(44-31)22-8-7-21(28(41)15-22)13-20-5-4-6-24(14-20)38-3/h4-8,11-12,14-16,26-27,29,31-32,38-39,41-42H,9-10,13,17-19H2,1-3H3/t26-,27-,29-,31+,32-,33-,34-,35-,36+/m0/s1. The van der Waals surface area contributed by atoms with Crippen LogP contribution in [0.15, 0.2) is 66.3 Å². The van der Waals surface area contributed by atoms with Crippen molar-refractivity contribution in [2.45, 2.75) is 75.7 Å². The van der Waals surface area contributed by atoms with Crippen LogP contribution < -0.4 is 5.32 Å². The van der Waals surface area contributed by atoms with Crippen molar-refractivity contribution in [3.63, 3.8) is 0 Å². The van der Waals surface area contributed by atoms with Crippen LogP contribution in [-0.2, 0) is 25.5 Å². The third-order valence-corrected chi connectivity index (χ3v) is 11.9. The molecule has 0 unspecified atom stereocenters. The monoisotopic (exact) mass is 617 g/mol. The molecule has 4 N–H and O–H groups in total. The number of aromatic hydroxyl groups is 1. The number of carbonyl (C=O) groups excluding carboxylic acids is 2. The number of hydrogen-bond donors (Lipinski definition) is 4. The third-order valence-electron chi connectivity index (χ3n) is 11.9. The lowest BCUT2D eigenvalue weighted by Gasteiger charge is -2.62. The van der Waals surface area contributed by atoms with E-state index in [-0.39, 0.29) is 23.9 Å². The van der Waals surface area contributed by atoms with E-state index >= 15 is 4.39 Å². The van der Waals surface area contributed by atoms with Crippen molar-refractivity contribution in [3.05, 3.63) is 83.0 Å². The summed E-state index contributed by atoms with van der Waals surface area (Å²) in [7, 11) is 1.85. The summed E-state index contributed by atoms with van der Waals surface area (Å²) < 4.78 is 30.6. The van der Waals surface area contributed by atoms with Crippen LogP contribution in [0.4, 0.5) is 10.1 Å². The molecule has 2 aromatic carbocycles. The summed E-state index contributed by atoms with van der Waals surface area (Å²) in [6, 6.07) is 13.1. The quantitative estimate of drug-likeness (QED) is 0.367. The number of halogens is 1. The van der Waals surface area contributed by atoms with Crippen molar-refractivity contribution in [2.24, 2.45) is 22.7 Å². The Morgan fingerprint density at radius 1 is 1.16 bits per heavy atom. The summed E-state index contributed by atoms with van der Waals surface area (Å²) in [5.41, 5.74) is -1.97. The van der Waals surface area contributed by atoms with Crippen LogP contribution in [0.25, 0.3) is 0 Å². The fourth-order valence-corrected chi connectivity index (χ4v) is 9.66. The highest BCUT2D eigenvalue weighted by atomic mass is 19.1. The average Bonchev–Trinajstić information content (AvgIpc) is 3.52. The second kappa shape index (κ2) is 10.3. The number of nitrogens with one attached hydrogen (secondary N) is 1. The number of carbonyl (C=O) groups is 2. The van der Waals surface area contributed by atoms with E-state index in [1.54, 1.807) is 31.2 Å². The van der Waals surface area contributed by atoms with Crippen LogP contribution in [0.2, 0.25) is 0 Å². The second-order valence-electron chi connectivity index (χ2n) is 13.9. The first-order valence-electron chi connectivity index (χ1n) is 15.8. The lowest BCUT2D eigenvalue weighted by atomic mass is 9.44. The molecule has 9 heteroatoms. The largest absolute Gasteiger partial charge is 0.508 e. The Balaban J connectivity index is 1.20. The van der Waals surface area contributed by atoms with Crippen molar-refractivity contribution in [3.8, 4) is 5.75 Å². The number of benzene rings is 2. The minimum Gasteiger partial charge on any atom is -0.508 e. The van der Waals surface area contributed by atoms with E-state index < -0.39 is 58.9 Å². The number of alkyl halides is 1. The first-order valence-corrected chi connectivity index (χ1v) is 15.8. The molecule has 0 spiro atoms. The molecule has 0 radical (unpaired) electrons. The molecule has 4 aliphatic carbocycles. The van der Waals surface area contributed by atoms with Gasteiger partial charge >= 0.3 is 0 Å². The van der Waals surface area contributed by atoms with Gasteiger partial charge in [0, 0.05) is 41.5 Å². The molecule has 0 aromatic heterocycles. The fraction of sp³-hybridized carbons (Fsp3) is 0.500. The van der Waals surface area contributed by atoms with Crippen LogP contribution in [0.5, 0.6) is 5.75 Å². The number of anilines is 1. The lowest BCUT2D eigenvalue weighted by Crippen LogP contribution is -2.69. The van der Waals surface area contributed by atoms with Gasteiger partial charge in [-0.25, -0.2) is 4.39 Å². The topological polar surface area (TPSA) is 125 Å². The Kier molecular flexibility index (Phi) is 6.95. The SMILES string of the molecule is CNc1cccc(Cc2ccc([C@H]3O[C@@H]4C[C@H]5[C@@H]6CCC7=CC(=O)C=C[C@]7(C)[C@@]6(F)[C@@H](O)C[C@]5(C)[C@]4(C(=O)CO)O3)cc2O)c1. The molecular weight excluding hydrogens is 577 g/mol. The Labute approximate surface area is 261 Å². The number of aliphatic hydroxyl groups is 2. The summed E-state index contributed by atoms with van der Waals surface area (Å²) in [4.78, 5) is 25.9. The molecule has 1 aliphatic heterocycles. The molecule has 9 atom stereocenters. The maximum absolute atomic E-state index is 17.6. The second-order valence-corrected chi connectivity index (χ2v) is 13.9. The highest BCUT2D eigenvalue weighted by molar-refractivity contribution is 6.01. The van der Waals surface area contributed by atoms with Gasteiger partial charge in [-0.15, -0.1) is 0 Å². The molecule has 3 saturated carbocycles. The molecule has 5 aliphatic rings. The van der Waals surface area contributed by atoms with Gasteiger partial charge in [0.15, 0.2) is 29.1 Å². The van der Waals surface area contributed by atoms with Crippen LogP contribution in [0, 0.1) is 22.7 Å². The molecule has 1 saturated heterocycles. The average molecular weight is 618 g/mol. The molecule has 2 aromatic rings. The number of ether oxygens (including phenoxy) is 2. The summed E-state index contributed by atoms with van der Waals surface area (Å²) in [6.45, 7) is 2.82. The number of Topliss-reactive ketones (excluding diaryl/α,β-unsaturated/α-hetero) is 1. The molecule has 4 fully saturated rings. The Morgan fingerprint density at radius 2 is 1.96 bits per heavy atom. The first-order chi connectivity index (χ1) is 21.4. The fourth-order valence-electron chi connectivity index (χ4n) is 9.66. The molecule has 45 heavy (non-hydrogen) atoms. The predicted molar refractivity (Wildman–Crippen MR) is 164 cm³/mol. The molecule has 8 nitrogen and oxygen atoms in total. The minimum absolute atomic E-state index is 0.0619. The van der Waals surface area contributed by atoms with Crippen LogP contribution in [0.3, 0.4) is 0 Å². The molecule has 7 rings (SSSR count). The molecule has 1 heterocycles. The van der Waals surface area contributed by atoms with E-state index in [2.05, 4.69) is 5.32 Å². The molecule has 0 bridgehead atoms. The normalized spacial score (nSPS) is 39.8. The van der Waals surface area contributed by atoms with Crippen molar-refractivity contribution < 1.29 is 38.8 Å². The number of ketones is 2. The molecule has 238 valence electrons. The predicted octanol–water partition coefficient (Wildman–Crippen LogP) is 4.72. The van der Waals surface area contributed by atoms with Crippen LogP contribution >= 0.6 is 0 Å². The van der Waals surface area contributed by atoms with Crippen molar-refractivity contribution in [1.29, 1.82) is 0 Å². The maximum atomic E-state index is 17.6. The van der Waals surface area contributed by atoms with Gasteiger partial charge in [0.1, 0.15) is 12.4 Å². The van der Waals surface area contributed by atoms with Crippen molar-refractivity contribution in [2.75, 3.05) is 19.0 Å². The van der Waals surface area contributed by atoms with Crippen molar-refractivity contribution >= 4 is 17.3 Å².